The molecule has 0 bridgehead atoms. The number of benzene rings is 1. The third-order valence-electron chi connectivity index (χ3n) is 3.82. The molecular formula is C18H20N6O4. The molecule has 146 valence electrons. The number of amides is 2. The van der Waals surface area contributed by atoms with Crippen LogP contribution in [-0.2, 0) is 13.8 Å². The van der Waals surface area contributed by atoms with Gasteiger partial charge in [0.15, 0.2) is 18.1 Å². The van der Waals surface area contributed by atoms with Crippen LogP contribution in [0, 0.1) is 0 Å². The Morgan fingerprint density at radius 1 is 1.07 bits per heavy atom. The Bertz CT molecular complexity index is 976. The van der Waals surface area contributed by atoms with E-state index in [9.17, 15) is 9.59 Å². The third-order valence-corrected chi connectivity index (χ3v) is 3.82. The number of hydrogen-bond acceptors (Lipinski definition) is 6. The molecule has 2 heterocycles. The second-order valence-corrected chi connectivity index (χ2v) is 5.79. The lowest BCUT2D eigenvalue weighted by Gasteiger charge is -2.07. The Morgan fingerprint density at radius 2 is 1.79 bits per heavy atom. The largest absolute Gasteiger partial charge is 0.497 e. The lowest BCUT2D eigenvalue weighted by atomic mass is 10.3. The zero-order chi connectivity index (χ0) is 20.1. The van der Waals surface area contributed by atoms with Crippen LogP contribution < -0.4 is 20.1 Å². The number of nitrogens with zero attached hydrogens (tertiary/aromatic N) is 4. The molecule has 10 heteroatoms. The molecule has 10 nitrogen and oxygen atoms in total. The van der Waals surface area contributed by atoms with E-state index in [4.69, 9.17) is 9.47 Å². The average molecular weight is 384 g/mol. The van der Waals surface area contributed by atoms with Crippen molar-refractivity contribution in [1.82, 2.24) is 24.9 Å². The van der Waals surface area contributed by atoms with Crippen LogP contribution in [0.25, 0.3) is 0 Å². The molecule has 0 aliphatic heterocycles. The van der Waals surface area contributed by atoms with Gasteiger partial charge in [0.25, 0.3) is 11.8 Å². The van der Waals surface area contributed by atoms with E-state index in [0.29, 0.717) is 11.4 Å². The monoisotopic (exact) mass is 384 g/mol. The average Bonchev–Trinajstić information content (AvgIpc) is 3.32. The number of carbonyl (C=O) groups is 2. The molecule has 3 aromatic rings. The van der Waals surface area contributed by atoms with E-state index >= 15 is 0 Å². The third kappa shape index (κ3) is 4.29. The van der Waals surface area contributed by atoms with Gasteiger partial charge in [0.2, 0.25) is 0 Å². The zero-order valence-corrected chi connectivity index (χ0v) is 15.7. The molecule has 28 heavy (non-hydrogen) atoms. The van der Waals surface area contributed by atoms with Crippen molar-refractivity contribution in [2.75, 3.05) is 19.5 Å². The Hall–Kier alpha value is -3.82. The van der Waals surface area contributed by atoms with Gasteiger partial charge in [-0.05, 0) is 30.3 Å². The molecular weight excluding hydrogens is 364 g/mol. The first-order valence-electron chi connectivity index (χ1n) is 8.37. The van der Waals surface area contributed by atoms with Crippen molar-refractivity contribution in [2.24, 2.45) is 7.05 Å². The molecule has 0 unspecified atom stereocenters. The van der Waals surface area contributed by atoms with Gasteiger partial charge in [-0.3, -0.25) is 14.3 Å². The summed E-state index contributed by atoms with van der Waals surface area (Å²) >= 11 is 0. The quantitative estimate of drug-likeness (QED) is 0.634. The fraction of sp³-hybridized carbons (Fsp3) is 0.222. The van der Waals surface area contributed by atoms with Crippen molar-refractivity contribution in [3.05, 3.63) is 54.1 Å². The van der Waals surface area contributed by atoms with Gasteiger partial charge >= 0.3 is 0 Å². The van der Waals surface area contributed by atoms with Crippen LogP contribution in [-0.4, -0.2) is 45.5 Å². The van der Waals surface area contributed by atoms with Gasteiger partial charge in [0.05, 0.1) is 12.8 Å². The number of hydrogen-bond donors (Lipinski definition) is 2. The molecule has 3 rings (SSSR count). The van der Waals surface area contributed by atoms with Crippen LogP contribution in [0.15, 0.2) is 42.7 Å². The Balaban J connectivity index is 1.63. The lowest BCUT2D eigenvalue weighted by molar-refractivity contribution is 0.0958. The molecule has 0 saturated heterocycles. The van der Waals surface area contributed by atoms with Crippen molar-refractivity contribution >= 4 is 17.5 Å². The van der Waals surface area contributed by atoms with Gasteiger partial charge in [-0.2, -0.15) is 10.2 Å². The SMILES string of the molecule is CNC(=O)c1nn(C)cc1NC(=O)c1ccn(COc2ccc(OC)cc2)n1. The molecule has 0 fully saturated rings. The van der Waals surface area contributed by atoms with E-state index in [1.54, 1.807) is 56.9 Å². The fourth-order valence-corrected chi connectivity index (χ4v) is 2.42. The summed E-state index contributed by atoms with van der Waals surface area (Å²) in [5, 5.41) is 13.4. The molecule has 2 amide bonds. The number of carbonyl (C=O) groups excluding carboxylic acids is 2. The Morgan fingerprint density at radius 3 is 2.46 bits per heavy atom. The highest BCUT2D eigenvalue weighted by Crippen LogP contribution is 2.17. The first kappa shape index (κ1) is 19.0. The topological polar surface area (TPSA) is 112 Å². The Kier molecular flexibility index (Phi) is 5.58. The summed E-state index contributed by atoms with van der Waals surface area (Å²) in [4.78, 5) is 24.3. The van der Waals surface area contributed by atoms with E-state index in [-0.39, 0.29) is 18.1 Å². The normalized spacial score (nSPS) is 10.4. The molecule has 0 spiro atoms. The molecule has 1 aromatic carbocycles. The number of ether oxygens (including phenoxy) is 2. The standard InChI is InChI=1S/C18H20N6O4/c1-19-18(26)16-15(10-23(2)22-16)20-17(25)14-8-9-24(21-14)11-28-13-6-4-12(27-3)5-7-13/h4-10H,11H2,1-3H3,(H,19,26)(H,20,25). The van der Waals surface area contributed by atoms with Gasteiger partial charge in [-0.25, -0.2) is 4.68 Å². The summed E-state index contributed by atoms with van der Waals surface area (Å²) in [7, 11) is 4.75. The summed E-state index contributed by atoms with van der Waals surface area (Å²) in [5.41, 5.74) is 0.613. The molecule has 2 aromatic heterocycles. The first-order valence-corrected chi connectivity index (χ1v) is 8.37. The van der Waals surface area contributed by atoms with Crippen molar-refractivity contribution in [2.45, 2.75) is 6.73 Å². The number of anilines is 1. The highest BCUT2D eigenvalue weighted by atomic mass is 16.5. The van der Waals surface area contributed by atoms with Gasteiger partial charge in [0, 0.05) is 26.5 Å². The van der Waals surface area contributed by atoms with E-state index in [1.807, 2.05) is 0 Å². The Labute approximate surface area is 161 Å². The van der Waals surface area contributed by atoms with Crippen LogP contribution in [0.2, 0.25) is 0 Å². The first-order chi connectivity index (χ1) is 13.5. The van der Waals surface area contributed by atoms with Crippen LogP contribution in [0.3, 0.4) is 0 Å². The summed E-state index contributed by atoms with van der Waals surface area (Å²) in [6.45, 7) is 0.135. The number of aryl methyl sites for hydroxylation is 1. The maximum atomic E-state index is 12.4. The molecule has 2 N–H and O–H groups in total. The minimum Gasteiger partial charge on any atom is -0.497 e. The summed E-state index contributed by atoms with van der Waals surface area (Å²) in [6, 6.07) is 8.68. The predicted octanol–water partition coefficient (Wildman–Crippen LogP) is 1.27. The van der Waals surface area contributed by atoms with Gasteiger partial charge in [0.1, 0.15) is 11.5 Å². The number of aromatic nitrogens is 4. The summed E-state index contributed by atoms with van der Waals surface area (Å²) in [6.07, 6.45) is 3.17. The van der Waals surface area contributed by atoms with Crippen LogP contribution in [0.5, 0.6) is 11.5 Å². The highest BCUT2D eigenvalue weighted by molar-refractivity contribution is 6.07. The maximum absolute atomic E-state index is 12.4. The lowest BCUT2D eigenvalue weighted by Crippen LogP contribution is -2.21. The predicted molar refractivity (Wildman–Crippen MR) is 100 cm³/mol. The smallest absolute Gasteiger partial charge is 0.276 e. The van der Waals surface area contributed by atoms with Crippen molar-refractivity contribution < 1.29 is 19.1 Å². The summed E-state index contributed by atoms with van der Waals surface area (Å²) in [5.74, 6) is 0.528. The van der Waals surface area contributed by atoms with Crippen molar-refractivity contribution in [1.29, 1.82) is 0 Å². The van der Waals surface area contributed by atoms with Crippen molar-refractivity contribution in [3.63, 3.8) is 0 Å². The van der Waals surface area contributed by atoms with E-state index in [0.717, 1.165) is 5.75 Å². The molecule has 0 aliphatic carbocycles. The van der Waals surface area contributed by atoms with Crippen LogP contribution in [0.1, 0.15) is 21.0 Å². The number of rotatable bonds is 7. The highest BCUT2D eigenvalue weighted by Gasteiger charge is 2.18. The molecule has 0 atom stereocenters. The second kappa shape index (κ2) is 8.25. The molecule has 0 saturated carbocycles. The maximum Gasteiger partial charge on any atom is 0.276 e. The molecule has 0 radical (unpaired) electrons. The zero-order valence-electron chi connectivity index (χ0n) is 15.7. The van der Waals surface area contributed by atoms with E-state index in [2.05, 4.69) is 20.8 Å². The van der Waals surface area contributed by atoms with Crippen LogP contribution in [0.4, 0.5) is 5.69 Å². The minimum atomic E-state index is -0.457. The second-order valence-electron chi connectivity index (χ2n) is 5.79. The van der Waals surface area contributed by atoms with Crippen LogP contribution >= 0.6 is 0 Å². The molecule has 0 aliphatic rings. The van der Waals surface area contributed by atoms with E-state index in [1.165, 1.54) is 16.4 Å². The van der Waals surface area contributed by atoms with E-state index < -0.39 is 11.8 Å². The minimum absolute atomic E-state index is 0.126. The summed E-state index contributed by atoms with van der Waals surface area (Å²) < 4.78 is 13.6. The van der Waals surface area contributed by atoms with Gasteiger partial charge in [-0.1, -0.05) is 0 Å². The number of nitrogens with one attached hydrogen (secondary N) is 2. The van der Waals surface area contributed by atoms with Crippen molar-refractivity contribution in [3.8, 4) is 11.5 Å². The van der Waals surface area contributed by atoms with Gasteiger partial charge < -0.3 is 20.1 Å². The number of methoxy groups -OCH3 is 1. The van der Waals surface area contributed by atoms with Gasteiger partial charge in [-0.15, -0.1) is 0 Å². The fourth-order valence-electron chi connectivity index (χ4n) is 2.42.